The summed E-state index contributed by atoms with van der Waals surface area (Å²) in [6.07, 6.45) is 25.9. The molecular weight excluding hydrogens is 845 g/mol. The first-order valence-corrected chi connectivity index (χ1v) is 24.2. The first kappa shape index (κ1) is 42.6. The van der Waals surface area contributed by atoms with Crippen LogP contribution in [0.2, 0.25) is 0 Å². The number of fused-ring (bicyclic) bond motifs is 8. The van der Waals surface area contributed by atoms with Gasteiger partial charge in [0.15, 0.2) is 5.82 Å². The Morgan fingerprint density at radius 3 is 2.34 bits per heavy atom. The highest BCUT2D eigenvalue weighted by atomic mass is 32.2. The summed E-state index contributed by atoms with van der Waals surface area (Å²) in [4.78, 5) is 15.3. The van der Waals surface area contributed by atoms with E-state index in [1.54, 1.807) is 11.8 Å². The molecule has 11 rings (SSSR count). The van der Waals surface area contributed by atoms with E-state index in [2.05, 4.69) is 241 Å². The van der Waals surface area contributed by atoms with Crippen molar-refractivity contribution in [2.45, 2.75) is 32.7 Å². The summed E-state index contributed by atoms with van der Waals surface area (Å²) >= 11 is 1.77. The largest absolute Gasteiger partial charge is 0.338 e. The molecule has 2 bridgehead atoms. The number of anilines is 1. The highest BCUT2D eigenvalue weighted by Crippen LogP contribution is 2.41. The number of hydrogen-bond acceptors (Lipinski definition) is 4. The summed E-state index contributed by atoms with van der Waals surface area (Å²) < 4.78 is 2.42. The first-order chi connectivity index (χ1) is 33.5. The molecule has 7 aromatic carbocycles. The molecule has 2 aromatic heterocycles. The zero-order valence-electron chi connectivity index (χ0n) is 38.3. The number of hydrogen-bond donors (Lipinski definition) is 0. The van der Waals surface area contributed by atoms with Gasteiger partial charge in [-0.2, -0.15) is 0 Å². The third-order valence-electron chi connectivity index (χ3n) is 12.9. The second-order valence-electron chi connectivity index (χ2n) is 17.4. The lowest BCUT2D eigenvalue weighted by Gasteiger charge is -2.33. The van der Waals surface area contributed by atoms with Crippen LogP contribution in [0.3, 0.4) is 0 Å². The molecule has 1 aliphatic heterocycles. The van der Waals surface area contributed by atoms with Crippen LogP contribution >= 0.6 is 11.8 Å². The number of nitrogens with zero attached hydrogens (tertiary/aromatic N) is 4. The van der Waals surface area contributed by atoms with Gasteiger partial charge in [-0.25, -0.2) is 9.97 Å². The van der Waals surface area contributed by atoms with Crippen molar-refractivity contribution in [1.29, 1.82) is 0 Å². The molecule has 1 atom stereocenters. The minimum atomic E-state index is 0.113. The van der Waals surface area contributed by atoms with Crippen molar-refractivity contribution < 1.29 is 0 Å². The third kappa shape index (κ3) is 8.38. The maximum absolute atomic E-state index is 5.29. The number of thioether (sulfide) groups is 1. The van der Waals surface area contributed by atoms with Crippen LogP contribution in [-0.2, 0) is 0 Å². The molecule has 68 heavy (non-hydrogen) atoms. The average molecular weight is 895 g/mol. The molecule has 0 N–H and O–H groups in total. The van der Waals surface area contributed by atoms with E-state index in [4.69, 9.17) is 9.97 Å². The summed E-state index contributed by atoms with van der Waals surface area (Å²) in [6, 6.07) is 56.7. The molecular formula is C63H50N4S. The smallest absolute Gasteiger partial charge is 0.160 e. The Bertz CT molecular complexity index is 3770. The van der Waals surface area contributed by atoms with E-state index >= 15 is 0 Å². The Balaban J connectivity index is 1.08. The monoisotopic (exact) mass is 894 g/mol. The van der Waals surface area contributed by atoms with E-state index in [1.165, 1.54) is 49.0 Å². The van der Waals surface area contributed by atoms with Gasteiger partial charge in [0.1, 0.15) is 0 Å². The number of allylic oxidation sites excluding steroid dienone is 10. The van der Waals surface area contributed by atoms with Crippen LogP contribution in [0.5, 0.6) is 0 Å². The number of benzene rings is 7. The van der Waals surface area contributed by atoms with Gasteiger partial charge in [0.25, 0.3) is 0 Å². The van der Waals surface area contributed by atoms with E-state index in [0.29, 0.717) is 5.82 Å². The Hall–Kier alpha value is -7.99. The molecule has 328 valence electrons. The van der Waals surface area contributed by atoms with Crippen molar-refractivity contribution >= 4 is 78.7 Å². The van der Waals surface area contributed by atoms with Crippen LogP contribution in [0.4, 0.5) is 5.69 Å². The van der Waals surface area contributed by atoms with Crippen molar-refractivity contribution in [1.82, 2.24) is 14.5 Å². The fourth-order valence-electron chi connectivity index (χ4n) is 9.73. The second kappa shape index (κ2) is 18.7. The molecule has 2 aliphatic rings. The maximum atomic E-state index is 5.29. The summed E-state index contributed by atoms with van der Waals surface area (Å²) in [6.45, 7) is 8.69. The zero-order chi connectivity index (χ0) is 46.0. The molecule has 0 fully saturated rings. The van der Waals surface area contributed by atoms with Gasteiger partial charge in [0, 0.05) is 56.2 Å². The van der Waals surface area contributed by atoms with Crippen LogP contribution < -0.4 is 15.3 Å². The maximum Gasteiger partial charge on any atom is 0.160 e. The summed E-state index contributed by atoms with van der Waals surface area (Å²) in [5, 5.41) is 8.15. The van der Waals surface area contributed by atoms with Crippen LogP contribution in [0.1, 0.15) is 37.9 Å². The summed E-state index contributed by atoms with van der Waals surface area (Å²) in [5.74, 6) is 0.686. The minimum Gasteiger partial charge on any atom is -0.338 e. The van der Waals surface area contributed by atoms with Gasteiger partial charge >= 0.3 is 0 Å². The van der Waals surface area contributed by atoms with E-state index in [9.17, 15) is 0 Å². The van der Waals surface area contributed by atoms with Crippen LogP contribution in [0, 0.1) is 0 Å². The van der Waals surface area contributed by atoms with E-state index in [-0.39, 0.29) is 6.04 Å². The zero-order valence-corrected chi connectivity index (χ0v) is 39.1. The van der Waals surface area contributed by atoms with Crippen LogP contribution in [-0.4, -0.2) is 20.6 Å². The van der Waals surface area contributed by atoms with Crippen molar-refractivity contribution in [2.75, 3.05) is 4.90 Å². The molecule has 0 spiro atoms. The van der Waals surface area contributed by atoms with Gasteiger partial charge < -0.3 is 9.47 Å². The average Bonchev–Trinajstić information content (AvgIpc) is 3.69. The number of rotatable bonds is 6. The molecule has 1 unspecified atom stereocenters. The molecule has 0 saturated carbocycles. The minimum absolute atomic E-state index is 0.113. The quantitative estimate of drug-likeness (QED) is 0.167. The Morgan fingerprint density at radius 1 is 0.676 bits per heavy atom. The fourth-order valence-corrected chi connectivity index (χ4v) is 10.6. The van der Waals surface area contributed by atoms with Gasteiger partial charge in [-0.05, 0) is 124 Å². The molecule has 0 radical (unpaired) electrons. The topological polar surface area (TPSA) is 34.0 Å². The van der Waals surface area contributed by atoms with Crippen LogP contribution in [0.25, 0.3) is 78.3 Å². The number of para-hydroxylation sites is 2. The van der Waals surface area contributed by atoms with Crippen molar-refractivity contribution in [3.05, 3.63) is 256 Å². The summed E-state index contributed by atoms with van der Waals surface area (Å²) in [5.41, 5.74) is 10.9. The van der Waals surface area contributed by atoms with Crippen molar-refractivity contribution in [3.8, 4) is 17.1 Å². The van der Waals surface area contributed by atoms with Crippen molar-refractivity contribution in [3.63, 3.8) is 0 Å². The lowest BCUT2D eigenvalue weighted by Crippen LogP contribution is -2.31. The normalized spacial score (nSPS) is 18.8. The number of aromatic nitrogens is 3. The lowest BCUT2D eigenvalue weighted by molar-refractivity contribution is 0.801. The molecule has 9 aromatic rings. The van der Waals surface area contributed by atoms with E-state index < -0.39 is 0 Å². The Labute approximate surface area is 402 Å². The van der Waals surface area contributed by atoms with Crippen LogP contribution in [0.15, 0.2) is 234 Å². The van der Waals surface area contributed by atoms with Crippen molar-refractivity contribution in [2.24, 2.45) is 0 Å². The van der Waals surface area contributed by atoms with Gasteiger partial charge in [-0.3, -0.25) is 0 Å². The Morgan fingerprint density at radius 2 is 1.46 bits per heavy atom. The fraction of sp³-hybridized carbons (Fsp3) is 0.0794. The SMILES string of the molecule is C=C1/C=C\C=C/C(C)N(c2ccccc2)/C2=C/C(c3ccc4c(c3)c3c5ccccc5ccc3n4-c3cccc(-c4nc(\C=c5/cccc/c5=C/C=C\C)c5ccccc5n4)c3)=CC/C=C(\C2)S1. The Kier molecular flexibility index (Phi) is 11.7. The van der Waals surface area contributed by atoms with Gasteiger partial charge in [0.2, 0.25) is 0 Å². The molecule has 1 aliphatic carbocycles. The predicted octanol–water partition coefficient (Wildman–Crippen LogP) is 14.9. The van der Waals surface area contributed by atoms with Gasteiger partial charge in [0.05, 0.1) is 22.2 Å². The predicted molar refractivity (Wildman–Crippen MR) is 292 cm³/mol. The molecule has 5 heteroatoms. The first-order valence-electron chi connectivity index (χ1n) is 23.4. The summed E-state index contributed by atoms with van der Waals surface area (Å²) in [7, 11) is 0. The molecule has 0 amide bonds. The van der Waals surface area contributed by atoms with E-state index in [1.807, 2.05) is 13.0 Å². The standard InChI is InChI=1S/C63H50N4S/c1-4-5-21-45-22-11-12-24-48(45)41-59-56-32-15-16-33-58(56)64-63(65-59)50-26-17-29-52(39-50)67-60-36-35-49(40-57(60)62-55-31-14-13-23-46(55)34-37-61(62)67)47-25-18-30-54-42-53(38-47)66(51-27-7-6-8-28-51)43(2)19-9-10-20-44(3)68-54/h4-17,19-41,43H,3,18,42H2,1-2H3/b5-4-,19-9-,20-10-,45-21-,47-25?,48-41+,53-38+,54-30+. The third-order valence-corrected chi connectivity index (χ3v) is 13.9. The van der Waals surface area contributed by atoms with Gasteiger partial charge in [-0.1, -0.05) is 176 Å². The van der Waals surface area contributed by atoms with E-state index in [0.717, 1.165) is 67.1 Å². The van der Waals surface area contributed by atoms with Gasteiger partial charge in [-0.15, -0.1) is 0 Å². The lowest BCUT2D eigenvalue weighted by atomic mass is 9.97. The molecule has 3 heterocycles. The highest BCUT2D eigenvalue weighted by molar-refractivity contribution is 8.06. The highest BCUT2D eigenvalue weighted by Gasteiger charge is 2.22. The second-order valence-corrected chi connectivity index (χ2v) is 18.6. The molecule has 0 saturated heterocycles. The molecule has 4 nitrogen and oxygen atoms in total.